The number of nitrogens with zero attached hydrogens (tertiary/aromatic N) is 2. The summed E-state index contributed by atoms with van der Waals surface area (Å²) in [6.45, 7) is 3.69. The van der Waals surface area contributed by atoms with Gasteiger partial charge in [0.25, 0.3) is 0 Å². The monoisotopic (exact) mass is 239 g/mol. The van der Waals surface area contributed by atoms with Crippen molar-refractivity contribution in [3.05, 3.63) is 0 Å². The van der Waals surface area contributed by atoms with Crippen LogP contribution < -0.4 is 5.73 Å². The second-order valence-electron chi connectivity index (χ2n) is 4.84. The van der Waals surface area contributed by atoms with Crippen molar-refractivity contribution in [2.45, 2.75) is 44.4 Å². The van der Waals surface area contributed by atoms with Crippen LogP contribution in [0.2, 0.25) is 19.1 Å². The highest BCUT2D eigenvalue weighted by molar-refractivity contribution is 7.04. The van der Waals surface area contributed by atoms with E-state index in [4.69, 9.17) is 11.0 Å². The van der Waals surface area contributed by atoms with Crippen molar-refractivity contribution in [1.82, 2.24) is 4.90 Å². The van der Waals surface area contributed by atoms with Gasteiger partial charge in [-0.15, -0.1) is 0 Å². The fourth-order valence-electron chi connectivity index (χ4n) is 1.34. The van der Waals surface area contributed by atoms with Crippen LogP contribution in [0.4, 0.5) is 4.79 Å². The molecular formula is C10H17N3O2Si. The van der Waals surface area contributed by atoms with Gasteiger partial charge in [0.05, 0.1) is 0 Å². The molecule has 0 unspecified atom stereocenters. The molecule has 1 aliphatic rings. The van der Waals surface area contributed by atoms with E-state index in [0.717, 1.165) is 12.8 Å². The van der Waals surface area contributed by atoms with Crippen molar-refractivity contribution in [2.75, 3.05) is 0 Å². The van der Waals surface area contributed by atoms with E-state index >= 15 is 0 Å². The smallest absolute Gasteiger partial charge is 0.235 e. The van der Waals surface area contributed by atoms with Gasteiger partial charge in [-0.2, -0.15) is 5.26 Å². The van der Waals surface area contributed by atoms with Crippen LogP contribution in [0.25, 0.3) is 0 Å². The Bertz CT molecular complexity index is 344. The summed E-state index contributed by atoms with van der Waals surface area (Å²) in [7, 11) is -2.13. The number of hydrogen-bond donors (Lipinski definition) is 1. The van der Waals surface area contributed by atoms with E-state index in [-0.39, 0.29) is 23.9 Å². The third kappa shape index (κ3) is 3.07. The van der Waals surface area contributed by atoms with Gasteiger partial charge in [0, 0.05) is 12.5 Å². The van der Waals surface area contributed by atoms with Gasteiger partial charge >= 0.3 is 0 Å². The first-order chi connectivity index (χ1) is 7.38. The quantitative estimate of drug-likeness (QED) is 0.444. The number of nitrogens with two attached hydrogens (primary N) is 1. The Hall–Kier alpha value is -1.35. The molecule has 88 valence electrons. The van der Waals surface area contributed by atoms with Gasteiger partial charge in [0.15, 0.2) is 19.8 Å². The highest BCUT2D eigenvalue weighted by atomic mass is 28.3. The van der Waals surface area contributed by atoms with Crippen LogP contribution in [0.3, 0.4) is 0 Å². The van der Waals surface area contributed by atoms with Crippen molar-refractivity contribution in [1.29, 1.82) is 5.26 Å². The number of nitriles is 1. The summed E-state index contributed by atoms with van der Waals surface area (Å²) in [5.74, 6) is -0.174. The van der Waals surface area contributed by atoms with Gasteiger partial charge in [-0.05, 0) is 18.9 Å². The van der Waals surface area contributed by atoms with Crippen LogP contribution in [0.15, 0.2) is 0 Å². The lowest BCUT2D eigenvalue weighted by molar-refractivity contribution is -0.128. The minimum absolute atomic E-state index is 0.107. The van der Waals surface area contributed by atoms with Crippen molar-refractivity contribution < 1.29 is 9.59 Å². The van der Waals surface area contributed by atoms with Crippen LogP contribution in [0.1, 0.15) is 19.3 Å². The molecule has 0 aromatic rings. The van der Waals surface area contributed by atoms with Gasteiger partial charge in [0.2, 0.25) is 5.91 Å². The van der Waals surface area contributed by atoms with Gasteiger partial charge in [0.1, 0.15) is 0 Å². The maximum Gasteiger partial charge on any atom is 0.235 e. The zero-order valence-electron chi connectivity index (χ0n) is 9.69. The number of amides is 2. The summed E-state index contributed by atoms with van der Waals surface area (Å²) in [6.07, 6.45) is 3.99. The molecule has 0 saturated heterocycles. The third-order valence-corrected chi connectivity index (χ3v) is 5.75. The van der Waals surface area contributed by atoms with E-state index in [1.807, 2.05) is 19.3 Å². The van der Waals surface area contributed by atoms with Crippen molar-refractivity contribution in [3.8, 4) is 6.19 Å². The average molecular weight is 239 g/mol. The van der Waals surface area contributed by atoms with E-state index in [2.05, 4.69) is 0 Å². The molecule has 0 aromatic carbocycles. The minimum atomic E-state index is -2.13. The van der Waals surface area contributed by atoms with Gasteiger partial charge in [-0.25, -0.2) is 4.90 Å². The summed E-state index contributed by atoms with van der Waals surface area (Å²) < 4.78 is 0. The first kappa shape index (κ1) is 12.7. The number of carbonyl (C=O) groups is 2. The maximum atomic E-state index is 11.7. The second-order valence-corrected chi connectivity index (χ2v) is 9.60. The van der Waals surface area contributed by atoms with E-state index < -0.39 is 8.07 Å². The highest BCUT2D eigenvalue weighted by Crippen LogP contribution is 2.27. The molecule has 0 radical (unpaired) electrons. The molecular weight excluding hydrogens is 222 g/mol. The zero-order valence-corrected chi connectivity index (χ0v) is 10.7. The van der Waals surface area contributed by atoms with Crippen LogP contribution in [-0.4, -0.2) is 30.5 Å². The lowest BCUT2D eigenvalue weighted by Crippen LogP contribution is -2.43. The molecule has 0 aromatic heterocycles. The summed E-state index contributed by atoms with van der Waals surface area (Å²) >= 11 is 0. The first-order valence-corrected chi connectivity index (χ1v) is 8.61. The molecule has 0 spiro atoms. The molecule has 0 heterocycles. The molecule has 0 aliphatic heterocycles. The predicted molar refractivity (Wildman–Crippen MR) is 62.0 cm³/mol. The Balaban J connectivity index is 2.46. The number of rotatable bonds is 5. The molecule has 2 amide bonds. The Morgan fingerprint density at radius 2 is 2.06 bits per heavy atom. The fourth-order valence-corrected chi connectivity index (χ4v) is 2.42. The lowest BCUT2D eigenvalue weighted by atomic mass is 10.4. The molecule has 5 nitrogen and oxygen atoms in total. The number of hydrogen-bond acceptors (Lipinski definition) is 3. The summed E-state index contributed by atoms with van der Waals surface area (Å²) in [5, 5.41) is 8.82. The average Bonchev–Trinajstić information content (AvgIpc) is 3.00. The predicted octanol–water partition coefficient (Wildman–Crippen LogP) is 1.22. The minimum Gasteiger partial charge on any atom is -0.374 e. The van der Waals surface area contributed by atoms with E-state index in [9.17, 15) is 9.59 Å². The summed E-state index contributed by atoms with van der Waals surface area (Å²) in [6, 6.07) is 0.627. The van der Waals surface area contributed by atoms with E-state index in [0.29, 0.717) is 6.04 Å². The number of carbonyl (C=O) groups excluding carboxylic acids is 2. The van der Waals surface area contributed by atoms with Crippen molar-refractivity contribution in [2.24, 2.45) is 5.73 Å². The highest BCUT2D eigenvalue weighted by Gasteiger charge is 2.35. The summed E-state index contributed by atoms with van der Waals surface area (Å²) in [5.41, 5.74) is 4.99. The summed E-state index contributed by atoms with van der Waals surface area (Å²) in [4.78, 5) is 24.1. The Labute approximate surface area is 96.2 Å². The molecule has 0 bridgehead atoms. The second kappa shape index (κ2) is 4.66. The molecule has 1 aliphatic carbocycles. The Morgan fingerprint density at radius 1 is 1.50 bits per heavy atom. The third-order valence-electron chi connectivity index (χ3n) is 2.92. The molecule has 1 rings (SSSR count). The van der Waals surface area contributed by atoms with E-state index in [1.165, 1.54) is 4.90 Å². The molecule has 16 heavy (non-hydrogen) atoms. The Kier molecular flexibility index (Phi) is 3.70. The lowest BCUT2D eigenvalue weighted by Gasteiger charge is -2.18. The van der Waals surface area contributed by atoms with E-state index in [1.54, 1.807) is 0 Å². The van der Waals surface area contributed by atoms with Gasteiger partial charge in [-0.1, -0.05) is 13.1 Å². The van der Waals surface area contributed by atoms with Crippen molar-refractivity contribution >= 4 is 19.5 Å². The fraction of sp³-hybridized carbons (Fsp3) is 0.700. The van der Waals surface area contributed by atoms with Crippen molar-refractivity contribution in [3.63, 3.8) is 0 Å². The molecule has 0 atom stereocenters. The first-order valence-electron chi connectivity index (χ1n) is 5.40. The Morgan fingerprint density at radius 3 is 2.44 bits per heavy atom. The largest absolute Gasteiger partial charge is 0.374 e. The van der Waals surface area contributed by atoms with Gasteiger partial charge < -0.3 is 5.73 Å². The normalized spacial score (nSPS) is 15.3. The van der Waals surface area contributed by atoms with Gasteiger partial charge in [-0.3, -0.25) is 9.59 Å². The topological polar surface area (TPSA) is 87.2 Å². The molecule has 6 heteroatoms. The van der Waals surface area contributed by atoms with Crippen LogP contribution in [0, 0.1) is 11.5 Å². The number of primary amides is 1. The maximum absolute atomic E-state index is 11.7. The standard InChI is InChI=1S/C10H17N3O2Si/c1-16(2,10(12)15)6-5-9(14)13(7-11)8-3-4-8/h8H,3-6H2,1-2H3,(H2,12,15). The molecule has 1 fully saturated rings. The van der Waals surface area contributed by atoms with Crippen LogP contribution >= 0.6 is 0 Å². The van der Waals surface area contributed by atoms with Crippen LogP contribution in [-0.2, 0) is 4.79 Å². The molecule has 1 saturated carbocycles. The molecule has 2 N–H and O–H groups in total. The zero-order chi connectivity index (χ0) is 12.3. The van der Waals surface area contributed by atoms with Crippen LogP contribution in [0.5, 0.6) is 0 Å². The SMILES string of the molecule is C[Si](C)(CCC(=O)N(C#N)C1CC1)C(N)=O.